The van der Waals surface area contributed by atoms with Gasteiger partial charge < -0.3 is 19.6 Å². The van der Waals surface area contributed by atoms with Gasteiger partial charge in [-0.3, -0.25) is 0 Å². The Labute approximate surface area is 126 Å². The number of hydrogen-bond acceptors (Lipinski definition) is 7. The van der Waals surface area contributed by atoms with Crippen molar-refractivity contribution in [3.05, 3.63) is 17.2 Å². The van der Waals surface area contributed by atoms with Crippen LogP contribution in [0.15, 0.2) is 15.6 Å². The summed E-state index contributed by atoms with van der Waals surface area (Å²) >= 11 is 0. The van der Waals surface area contributed by atoms with Gasteiger partial charge in [0.05, 0.1) is 18.1 Å². The van der Waals surface area contributed by atoms with Gasteiger partial charge in [0.1, 0.15) is 11.4 Å². The molecule has 0 radical (unpaired) electrons. The molecule has 2 aromatic heterocycles. The highest BCUT2D eigenvalue weighted by Gasteiger charge is 2.30. The fourth-order valence-electron chi connectivity index (χ4n) is 2.43. The molecule has 0 saturated carbocycles. The van der Waals surface area contributed by atoms with Crippen molar-refractivity contribution < 1.29 is 27.5 Å². The standard InChI is InChI=1S/C13H14N2O6S/c1-6-7-5-8-9(12(16)17)13(22(2,18)19)21-11(8)15-10(7)14-3-4-20-6/h5-6H,3-4H2,1-2H3,(H,14,15)(H,16,17). The van der Waals surface area contributed by atoms with Crippen molar-refractivity contribution in [3.8, 4) is 0 Å². The topological polar surface area (TPSA) is 119 Å². The van der Waals surface area contributed by atoms with Gasteiger partial charge in [0.15, 0.2) is 0 Å². The molecule has 2 aromatic rings. The molecular weight excluding hydrogens is 312 g/mol. The minimum absolute atomic E-state index is 0.0295. The summed E-state index contributed by atoms with van der Waals surface area (Å²) in [7, 11) is -3.82. The average molecular weight is 326 g/mol. The summed E-state index contributed by atoms with van der Waals surface area (Å²) in [4.78, 5) is 15.7. The molecule has 1 aliphatic heterocycles. The van der Waals surface area contributed by atoms with Crippen LogP contribution in [-0.2, 0) is 14.6 Å². The number of carbonyl (C=O) groups is 1. The van der Waals surface area contributed by atoms with Crippen LogP contribution in [-0.4, -0.2) is 43.9 Å². The highest BCUT2D eigenvalue weighted by atomic mass is 32.2. The van der Waals surface area contributed by atoms with Gasteiger partial charge >= 0.3 is 5.97 Å². The van der Waals surface area contributed by atoms with E-state index in [4.69, 9.17) is 9.15 Å². The largest absolute Gasteiger partial charge is 0.478 e. The second-order valence-corrected chi connectivity index (χ2v) is 6.98. The Balaban J connectivity index is 2.36. The zero-order valence-electron chi connectivity index (χ0n) is 11.9. The lowest BCUT2D eigenvalue weighted by Gasteiger charge is -2.11. The van der Waals surface area contributed by atoms with Crippen molar-refractivity contribution in [2.75, 3.05) is 24.7 Å². The Hall–Kier alpha value is -2.13. The number of fused-ring (bicyclic) bond motifs is 2. The van der Waals surface area contributed by atoms with Gasteiger partial charge in [-0.1, -0.05) is 0 Å². The number of ether oxygens (including phenoxy) is 1. The molecule has 0 aromatic carbocycles. The van der Waals surface area contributed by atoms with Crippen LogP contribution in [0.5, 0.6) is 0 Å². The van der Waals surface area contributed by atoms with Crippen molar-refractivity contribution in [1.82, 2.24) is 4.98 Å². The number of rotatable bonds is 2. The first-order chi connectivity index (χ1) is 10.3. The molecule has 0 amide bonds. The molecule has 0 fully saturated rings. The lowest BCUT2D eigenvalue weighted by atomic mass is 10.1. The van der Waals surface area contributed by atoms with Gasteiger partial charge in [-0.25, -0.2) is 13.2 Å². The molecule has 8 nitrogen and oxygen atoms in total. The van der Waals surface area contributed by atoms with E-state index in [-0.39, 0.29) is 17.2 Å². The third-order valence-electron chi connectivity index (χ3n) is 3.43. The number of anilines is 1. The van der Waals surface area contributed by atoms with E-state index in [1.54, 1.807) is 6.07 Å². The van der Waals surface area contributed by atoms with Crippen LogP contribution in [0.3, 0.4) is 0 Å². The monoisotopic (exact) mass is 326 g/mol. The number of aromatic carboxylic acids is 1. The van der Waals surface area contributed by atoms with E-state index >= 15 is 0 Å². The SMILES string of the molecule is CC1OCCNc2nc3oc(S(C)(=O)=O)c(C(=O)O)c3cc21. The first-order valence-corrected chi connectivity index (χ1v) is 8.44. The molecule has 2 N–H and O–H groups in total. The van der Waals surface area contributed by atoms with Gasteiger partial charge in [0.2, 0.25) is 20.6 Å². The number of hydrogen-bond donors (Lipinski definition) is 2. The predicted octanol–water partition coefficient (Wildman–Crippen LogP) is 1.43. The summed E-state index contributed by atoms with van der Waals surface area (Å²) in [6.07, 6.45) is 0.603. The number of carboxylic acid groups (broad SMARTS) is 1. The van der Waals surface area contributed by atoms with Gasteiger partial charge in [0, 0.05) is 18.4 Å². The number of pyridine rings is 1. The van der Waals surface area contributed by atoms with E-state index in [2.05, 4.69) is 10.3 Å². The smallest absolute Gasteiger partial charge is 0.341 e. The number of carboxylic acids is 1. The van der Waals surface area contributed by atoms with Crippen molar-refractivity contribution in [3.63, 3.8) is 0 Å². The zero-order valence-corrected chi connectivity index (χ0v) is 12.7. The number of sulfone groups is 1. The number of nitrogens with zero attached hydrogens (tertiary/aromatic N) is 1. The minimum Gasteiger partial charge on any atom is -0.478 e. The second kappa shape index (κ2) is 4.96. The average Bonchev–Trinajstić information content (AvgIpc) is 2.71. The van der Waals surface area contributed by atoms with Crippen LogP contribution >= 0.6 is 0 Å². The molecule has 3 rings (SSSR count). The molecule has 22 heavy (non-hydrogen) atoms. The molecule has 3 heterocycles. The predicted molar refractivity (Wildman–Crippen MR) is 76.9 cm³/mol. The van der Waals surface area contributed by atoms with Crippen LogP contribution in [0, 0.1) is 0 Å². The first-order valence-electron chi connectivity index (χ1n) is 6.55. The molecule has 0 spiro atoms. The Morgan fingerprint density at radius 1 is 1.50 bits per heavy atom. The summed E-state index contributed by atoms with van der Waals surface area (Å²) in [5.41, 5.74) is 0.232. The summed E-state index contributed by atoms with van der Waals surface area (Å²) in [5, 5.41) is 12.0. The normalized spacial score (nSPS) is 18.5. The molecule has 118 valence electrons. The van der Waals surface area contributed by atoms with E-state index in [0.717, 1.165) is 6.26 Å². The minimum atomic E-state index is -3.82. The molecule has 1 unspecified atom stereocenters. The fraction of sp³-hybridized carbons (Fsp3) is 0.385. The third-order valence-corrected chi connectivity index (χ3v) is 4.39. The lowest BCUT2D eigenvalue weighted by molar-refractivity contribution is 0.0691. The Morgan fingerprint density at radius 2 is 2.23 bits per heavy atom. The third kappa shape index (κ3) is 2.32. The van der Waals surface area contributed by atoms with E-state index < -0.39 is 26.5 Å². The van der Waals surface area contributed by atoms with Crippen molar-refractivity contribution in [2.45, 2.75) is 18.1 Å². The maximum absolute atomic E-state index is 11.7. The summed E-state index contributed by atoms with van der Waals surface area (Å²) < 4.78 is 34.2. The van der Waals surface area contributed by atoms with Crippen molar-refractivity contribution in [1.29, 1.82) is 0 Å². The van der Waals surface area contributed by atoms with Crippen LogP contribution < -0.4 is 5.32 Å². The number of aromatic nitrogens is 1. The Bertz CT molecular complexity index is 870. The number of furan rings is 1. The molecule has 0 bridgehead atoms. The van der Waals surface area contributed by atoms with Crippen LogP contribution in [0.2, 0.25) is 0 Å². The van der Waals surface area contributed by atoms with Gasteiger partial charge in [-0.15, -0.1) is 0 Å². The van der Waals surface area contributed by atoms with E-state index in [9.17, 15) is 18.3 Å². The highest BCUT2D eigenvalue weighted by molar-refractivity contribution is 7.90. The molecular formula is C13H14N2O6S. The van der Waals surface area contributed by atoms with E-state index in [1.165, 1.54) is 0 Å². The molecule has 1 atom stereocenters. The summed E-state index contributed by atoms with van der Waals surface area (Å²) in [6.45, 7) is 2.85. The Kier molecular flexibility index (Phi) is 3.33. The maximum Gasteiger partial charge on any atom is 0.341 e. The maximum atomic E-state index is 11.7. The van der Waals surface area contributed by atoms with Gasteiger partial charge in [-0.2, -0.15) is 4.98 Å². The lowest BCUT2D eigenvalue weighted by Crippen LogP contribution is -2.06. The Morgan fingerprint density at radius 3 is 2.86 bits per heavy atom. The summed E-state index contributed by atoms with van der Waals surface area (Å²) in [6, 6.07) is 1.56. The molecule has 9 heteroatoms. The van der Waals surface area contributed by atoms with Crippen LogP contribution in [0.4, 0.5) is 5.82 Å². The van der Waals surface area contributed by atoms with Crippen molar-refractivity contribution in [2.24, 2.45) is 0 Å². The van der Waals surface area contributed by atoms with E-state index in [0.29, 0.717) is 24.5 Å². The van der Waals surface area contributed by atoms with Gasteiger partial charge in [0.25, 0.3) is 0 Å². The molecule has 0 saturated heterocycles. The molecule has 0 aliphatic carbocycles. The summed E-state index contributed by atoms with van der Waals surface area (Å²) in [5.74, 6) is -0.876. The first kappa shape index (κ1) is 14.8. The highest BCUT2D eigenvalue weighted by Crippen LogP contribution is 2.34. The second-order valence-electron chi connectivity index (χ2n) is 5.06. The van der Waals surface area contributed by atoms with Crippen LogP contribution in [0.1, 0.15) is 28.9 Å². The fourth-order valence-corrected chi connectivity index (χ4v) is 3.23. The van der Waals surface area contributed by atoms with E-state index in [1.807, 2.05) is 6.92 Å². The quantitative estimate of drug-likeness (QED) is 0.850. The van der Waals surface area contributed by atoms with Gasteiger partial charge in [-0.05, 0) is 13.0 Å². The van der Waals surface area contributed by atoms with Crippen molar-refractivity contribution >= 4 is 32.7 Å². The van der Waals surface area contributed by atoms with Crippen LogP contribution in [0.25, 0.3) is 11.1 Å². The molecule has 1 aliphatic rings. The number of nitrogens with one attached hydrogen (secondary N) is 1. The zero-order chi connectivity index (χ0) is 16.1.